The molecular weight excluding hydrogens is 290 g/mol. The molecule has 120 valence electrons. The highest BCUT2D eigenvalue weighted by molar-refractivity contribution is 5.75. The number of aromatic nitrogens is 1. The second-order valence-electron chi connectivity index (χ2n) is 5.92. The molecule has 0 atom stereocenters. The van der Waals surface area contributed by atoms with Gasteiger partial charge in [0.25, 0.3) is 0 Å². The molecule has 1 aromatic heterocycles. The van der Waals surface area contributed by atoms with Crippen LogP contribution < -0.4 is 19.7 Å². The molecule has 4 rings (SSSR count). The molecule has 2 aliphatic rings. The number of pyridine rings is 1. The van der Waals surface area contributed by atoms with Crippen molar-refractivity contribution in [3.63, 3.8) is 0 Å². The highest BCUT2D eigenvalue weighted by Crippen LogP contribution is 2.39. The van der Waals surface area contributed by atoms with Crippen molar-refractivity contribution in [1.82, 2.24) is 10.3 Å². The Morgan fingerprint density at radius 1 is 1.22 bits per heavy atom. The minimum absolute atomic E-state index is 0.311. The SMILES string of the molecule is CNCCN1CCCc2c(-c3ccc4c(c3)OCO4)ccnc21. The molecule has 0 fully saturated rings. The largest absolute Gasteiger partial charge is 0.454 e. The van der Waals surface area contributed by atoms with Crippen LogP contribution in [0.15, 0.2) is 30.5 Å². The molecule has 2 aromatic rings. The maximum atomic E-state index is 5.52. The lowest BCUT2D eigenvalue weighted by Crippen LogP contribution is -2.35. The number of anilines is 1. The first-order valence-electron chi connectivity index (χ1n) is 8.14. The van der Waals surface area contributed by atoms with Crippen LogP contribution in [0.25, 0.3) is 11.1 Å². The Hall–Kier alpha value is -2.27. The number of fused-ring (bicyclic) bond motifs is 2. The molecule has 0 saturated heterocycles. The molecule has 0 radical (unpaired) electrons. The molecule has 1 N–H and O–H groups in total. The molecule has 0 saturated carbocycles. The molecule has 23 heavy (non-hydrogen) atoms. The number of rotatable bonds is 4. The summed E-state index contributed by atoms with van der Waals surface area (Å²) >= 11 is 0. The summed E-state index contributed by atoms with van der Waals surface area (Å²) < 4.78 is 10.9. The minimum atomic E-state index is 0.311. The van der Waals surface area contributed by atoms with Crippen LogP contribution >= 0.6 is 0 Å². The van der Waals surface area contributed by atoms with Crippen LogP contribution in [0.3, 0.4) is 0 Å². The van der Waals surface area contributed by atoms with Crippen molar-refractivity contribution in [3.8, 4) is 22.6 Å². The number of likely N-dealkylation sites (N-methyl/N-ethyl adjacent to an activating group) is 1. The number of hydrogen-bond donors (Lipinski definition) is 1. The molecule has 5 heteroatoms. The van der Waals surface area contributed by atoms with Gasteiger partial charge in [0.15, 0.2) is 11.5 Å². The van der Waals surface area contributed by atoms with Gasteiger partial charge in [0, 0.05) is 31.4 Å². The number of nitrogens with zero attached hydrogens (tertiary/aromatic N) is 2. The summed E-state index contributed by atoms with van der Waals surface area (Å²) in [7, 11) is 1.99. The molecule has 1 aromatic carbocycles. The summed E-state index contributed by atoms with van der Waals surface area (Å²) in [6.07, 6.45) is 4.15. The van der Waals surface area contributed by atoms with Gasteiger partial charge in [-0.05, 0) is 49.2 Å². The second-order valence-corrected chi connectivity index (χ2v) is 5.92. The third kappa shape index (κ3) is 2.61. The maximum Gasteiger partial charge on any atom is 0.231 e. The van der Waals surface area contributed by atoms with E-state index in [1.54, 1.807) is 0 Å². The topological polar surface area (TPSA) is 46.6 Å². The lowest BCUT2D eigenvalue weighted by Gasteiger charge is -2.31. The molecule has 0 bridgehead atoms. The van der Waals surface area contributed by atoms with Crippen molar-refractivity contribution < 1.29 is 9.47 Å². The summed E-state index contributed by atoms with van der Waals surface area (Å²) in [5.74, 6) is 2.78. The van der Waals surface area contributed by atoms with E-state index < -0.39 is 0 Å². The molecule has 0 spiro atoms. The van der Waals surface area contributed by atoms with Crippen molar-refractivity contribution in [2.24, 2.45) is 0 Å². The van der Waals surface area contributed by atoms with Gasteiger partial charge in [-0.3, -0.25) is 0 Å². The summed E-state index contributed by atoms with van der Waals surface area (Å²) in [6.45, 7) is 3.34. The van der Waals surface area contributed by atoms with E-state index >= 15 is 0 Å². The summed E-state index contributed by atoms with van der Waals surface area (Å²) in [6, 6.07) is 8.28. The smallest absolute Gasteiger partial charge is 0.231 e. The minimum Gasteiger partial charge on any atom is -0.454 e. The normalized spacial score (nSPS) is 15.6. The van der Waals surface area contributed by atoms with Gasteiger partial charge in [-0.15, -0.1) is 0 Å². The standard InChI is InChI=1S/C18H21N3O2/c1-19-8-10-21-9-2-3-15-14(6-7-20-18(15)21)13-4-5-16-17(11-13)23-12-22-16/h4-7,11,19H,2-3,8-10,12H2,1H3. The molecule has 2 aliphatic heterocycles. The van der Waals surface area contributed by atoms with Gasteiger partial charge in [0.2, 0.25) is 6.79 Å². The Balaban J connectivity index is 1.73. The van der Waals surface area contributed by atoms with Gasteiger partial charge in [0.05, 0.1) is 0 Å². The zero-order valence-corrected chi connectivity index (χ0v) is 13.3. The van der Waals surface area contributed by atoms with Gasteiger partial charge in [-0.2, -0.15) is 0 Å². The molecule has 5 nitrogen and oxygen atoms in total. The quantitative estimate of drug-likeness (QED) is 0.940. The van der Waals surface area contributed by atoms with E-state index in [1.165, 1.54) is 23.1 Å². The van der Waals surface area contributed by atoms with Gasteiger partial charge < -0.3 is 19.7 Å². The maximum absolute atomic E-state index is 5.52. The summed E-state index contributed by atoms with van der Waals surface area (Å²) in [4.78, 5) is 7.04. The third-order valence-electron chi connectivity index (χ3n) is 4.50. The van der Waals surface area contributed by atoms with E-state index in [0.29, 0.717) is 6.79 Å². The molecule has 0 aliphatic carbocycles. The Labute approximate surface area is 136 Å². The van der Waals surface area contributed by atoms with Crippen molar-refractivity contribution in [2.75, 3.05) is 38.4 Å². The van der Waals surface area contributed by atoms with E-state index in [9.17, 15) is 0 Å². The third-order valence-corrected chi connectivity index (χ3v) is 4.50. The van der Waals surface area contributed by atoms with Crippen LogP contribution in [-0.2, 0) is 6.42 Å². The average Bonchev–Trinajstić information content (AvgIpc) is 3.07. The van der Waals surface area contributed by atoms with Crippen LogP contribution in [0.4, 0.5) is 5.82 Å². The van der Waals surface area contributed by atoms with Gasteiger partial charge in [-0.25, -0.2) is 4.98 Å². The van der Waals surface area contributed by atoms with Crippen molar-refractivity contribution in [1.29, 1.82) is 0 Å². The fraction of sp³-hybridized carbons (Fsp3) is 0.389. The lowest BCUT2D eigenvalue weighted by atomic mass is 9.95. The predicted octanol–water partition coefficient (Wildman–Crippen LogP) is 2.45. The fourth-order valence-electron chi connectivity index (χ4n) is 3.35. The van der Waals surface area contributed by atoms with E-state index in [0.717, 1.165) is 43.4 Å². The van der Waals surface area contributed by atoms with Crippen LogP contribution in [0.1, 0.15) is 12.0 Å². The molecule has 0 amide bonds. The highest BCUT2D eigenvalue weighted by atomic mass is 16.7. The Kier molecular flexibility index (Phi) is 3.79. The fourth-order valence-corrected chi connectivity index (χ4v) is 3.35. The molecule has 0 unspecified atom stereocenters. The van der Waals surface area contributed by atoms with E-state index in [1.807, 2.05) is 19.3 Å². The van der Waals surface area contributed by atoms with Crippen LogP contribution in [0, 0.1) is 0 Å². The predicted molar refractivity (Wildman–Crippen MR) is 90.3 cm³/mol. The lowest BCUT2D eigenvalue weighted by molar-refractivity contribution is 0.174. The van der Waals surface area contributed by atoms with Crippen molar-refractivity contribution in [3.05, 3.63) is 36.0 Å². The summed E-state index contributed by atoms with van der Waals surface area (Å²) in [5.41, 5.74) is 3.76. The van der Waals surface area contributed by atoms with Crippen LogP contribution in [0.5, 0.6) is 11.5 Å². The van der Waals surface area contributed by atoms with Gasteiger partial charge in [0.1, 0.15) is 5.82 Å². The first kappa shape index (κ1) is 14.3. The highest BCUT2D eigenvalue weighted by Gasteiger charge is 2.22. The van der Waals surface area contributed by atoms with Crippen molar-refractivity contribution in [2.45, 2.75) is 12.8 Å². The van der Waals surface area contributed by atoms with E-state index in [-0.39, 0.29) is 0 Å². The van der Waals surface area contributed by atoms with Crippen LogP contribution in [0.2, 0.25) is 0 Å². The first-order valence-corrected chi connectivity index (χ1v) is 8.14. The first-order chi connectivity index (χ1) is 11.4. The van der Waals surface area contributed by atoms with Crippen molar-refractivity contribution >= 4 is 5.82 Å². The van der Waals surface area contributed by atoms with E-state index in [2.05, 4.69) is 33.4 Å². The Bertz CT molecular complexity index is 717. The molecular formula is C18H21N3O2. The molecule has 3 heterocycles. The number of benzene rings is 1. The van der Waals surface area contributed by atoms with Crippen LogP contribution in [-0.4, -0.2) is 38.5 Å². The number of hydrogen-bond acceptors (Lipinski definition) is 5. The monoisotopic (exact) mass is 311 g/mol. The Morgan fingerprint density at radius 2 is 2.13 bits per heavy atom. The summed E-state index contributed by atoms with van der Waals surface area (Å²) in [5, 5.41) is 3.22. The Morgan fingerprint density at radius 3 is 3.04 bits per heavy atom. The zero-order valence-electron chi connectivity index (χ0n) is 13.3. The average molecular weight is 311 g/mol. The second kappa shape index (κ2) is 6.08. The number of nitrogens with one attached hydrogen (secondary N) is 1. The number of ether oxygens (including phenoxy) is 2. The van der Waals surface area contributed by atoms with Gasteiger partial charge in [-0.1, -0.05) is 6.07 Å². The zero-order chi connectivity index (χ0) is 15.6. The van der Waals surface area contributed by atoms with Gasteiger partial charge >= 0.3 is 0 Å². The van der Waals surface area contributed by atoms with E-state index in [4.69, 9.17) is 9.47 Å².